The lowest BCUT2D eigenvalue weighted by Gasteiger charge is -2.36. The molecule has 3 atom stereocenters. The van der Waals surface area contributed by atoms with Crippen molar-refractivity contribution in [3.63, 3.8) is 0 Å². The largest absolute Gasteiger partial charge is 0.453 e. The Morgan fingerprint density at radius 1 is 1.47 bits per heavy atom. The molecule has 2 aliphatic rings. The zero-order valence-corrected chi connectivity index (χ0v) is 10.2. The number of hydrogen-bond acceptors (Lipinski definition) is 4. The maximum Gasteiger partial charge on any atom is 0.443 e. The van der Waals surface area contributed by atoms with Crippen molar-refractivity contribution in [3.8, 4) is 0 Å². The molecule has 108 valence electrons. The van der Waals surface area contributed by atoms with E-state index in [9.17, 15) is 23.1 Å². The minimum Gasteiger partial charge on any atom is -0.453 e. The van der Waals surface area contributed by atoms with Crippen LogP contribution in [0.2, 0.25) is 0 Å². The van der Waals surface area contributed by atoms with Crippen LogP contribution in [0.4, 0.5) is 13.2 Å². The van der Waals surface area contributed by atoms with E-state index in [1.54, 1.807) is 0 Å². The second-order valence-electron chi connectivity index (χ2n) is 5.00. The van der Waals surface area contributed by atoms with Gasteiger partial charge in [0.1, 0.15) is 11.7 Å². The van der Waals surface area contributed by atoms with Gasteiger partial charge in [0.25, 0.3) is 5.79 Å². The van der Waals surface area contributed by atoms with Gasteiger partial charge in [0.05, 0.1) is 6.42 Å². The molecule has 2 rings (SSSR count). The number of alkyl halides is 3. The molecule has 0 aromatic rings. The molecule has 0 radical (unpaired) electrons. The van der Waals surface area contributed by atoms with Crippen molar-refractivity contribution in [1.29, 1.82) is 0 Å². The van der Waals surface area contributed by atoms with Gasteiger partial charge < -0.3 is 14.6 Å². The number of carbonyl (C=O) groups excluding carboxylic acids is 1. The molecule has 1 heterocycles. The summed E-state index contributed by atoms with van der Waals surface area (Å²) in [6.07, 6.45) is -3.88. The molecule has 0 spiro atoms. The SMILES string of the molecule is C=CC(=O)OC12CCCCC1OC(O)(C(F)(F)F)C2. The topological polar surface area (TPSA) is 55.8 Å². The predicted molar refractivity (Wildman–Crippen MR) is 58.0 cm³/mol. The lowest BCUT2D eigenvalue weighted by Crippen LogP contribution is -2.47. The van der Waals surface area contributed by atoms with Crippen molar-refractivity contribution in [2.24, 2.45) is 0 Å². The summed E-state index contributed by atoms with van der Waals surface area (Å²) in [5.74, 6) is -4.05. The smallest absolute Gasteiger partial charge is 0.443 e. The fourth-order valence-electron chi connectivity index (χ4n) is 2.79. The highest BCUT2D eigenvalue weighted by atomic mass is 19.4. The number of carbonyl (C=O) groups is 1. The second-order valence-corrected chi connectivity index (χ2v) is 5.00. The summed E-state index contributed by atoms with van der Waals surface area (Å²) in [7, 11) is 0. The second kappa shape index (κ2) is 4.49. The lowest BCUT2D eigenvalue weighted by molar-refractivity contribution is -0.357. The van der Waals surface area contributed by atoms with E-state index in [1.165, 1.54) is 0 Å². The summed E-state index contributed by atoms with van der Waals surface area (Å²) in [6.45, 7) is 3.22. The summed E-state index contributed by atoms with van der Waals surface area (Å²) in [4.78, 5) is 11.3. The fraction of sp³-hybridized carbons (Fsp3) is 0.750. The minimum absolute atomic E-state index is 0.246. The van der Waals surface area contributed by atoms with Gasteiger partial charge in [0, 0.05) is 6.08 Å². The first-order valence-corrected chi connectivity index (χ1v) is 6.05. The zero-order valence-electron chi connectivity index (χ0n) is 10.2. The molecule has 19 heavy (non-hydrogen) atoms. The number of fused-ring (bicyclic) bond motifs is 1. The fourth-order valence-corrected chi connectivity index (χ4v) is 2.79. The number of rotatable bonds is 2. The van der Waals surface area contributed by atoms with Gasteiger partial charge in [-0.25, -0.2) is 4.79 Å². The Morgan fingerprint density at radius 3 is 2.74 bits per heavy atom. The predicted octanol–water partition coefficient (Wildman–Crippen LogP) is 2.07. The molecule has 0 amide bonds. The van der Waals surface area contributed by atoms with Gasteiger partial charge in [0.15, 0.2) is 0 Å². The highest BCUT2D eigenvalue weighted by Gasteiger charge is 2.68. The molecule has 1 saturated heterocycles. The van der Waals surface area contributed by atoms with Gasteiger partial charge in [0.2, 0.25) is 0 Å². The van der Waals surface area contributed by atoms with Crippen molar-refractivity contribution >= 4 is 5.97 Å². The summed E-state index contributed by atoms with van der Waals surface area (Å²) in [6, 6.07) is 0. The lowest BCUT2D eigenvalue weighted by atomic mass is 9.80. The highest BCUT2D eigenvalue weighted by Crippen LogP contribution is 2.52. The number of esters is 1. The molecule has 1 aliphatic heterocycles. The molecule has 1 saturated carbocycles. The van der Waals surface area contributed by atoms with Crippen LogP contribution in [0.1, 0.15) is 32.1 Å². The third-order valence-corrected chi connectivity index (χ3v) is 3.69. The molecule has 1 N–H and O–H groups in total. The van der Waals surface area contributed by atoms with E-state index in [0.29, 0.717) is 19.3 Å². The molecule has 0 aromatic heterocycles. The molecule has 4 nitrogen and oxygen atoms in total. The van der Waals surface area contributed by atoms with Crippen molar-refractivity contribution < 1.29 is 32.5 Å². The molecule has 2 fully saturated rings. The van der Waals surface area contributed by atoms with Crippen LogP contribution in [0.15, 0.2) is 12.7 Å². The maximum absolute atomic E-state index is 12.8. The Morgan fingerprint density at radius 2 is 2.16 bits per heavy atom. The Labute approximate surface area is 108 Å². The van der Waals surface area contributed by atoms with E-state index in [-0.39, 0.29) is 6.42 Å². The number of hydrogen-bond donors (Lipinski definition) is 1. The normalized spacial score (nSPS) is 38.6. The molecule has 0 bridgehead atoms. The van der Waals surface area contributed by atoms with E-state index in [1.807, 2.05) is 0 Å². The van der Waals surface area contributed by atoms with Crippen LogP contribution in [-0.4, -0.2) is 34.7 Å². The van der Waals surface area contributed by atoms with E-state index in [2.05, 4.69) is 6.58 Å². The van der Waals surface area contributed by atoms with E-state index >= 15 is 0 Å². The summed E-state index contributed by atoms with van der Waals surface area (Å²) >= 11 is 0. The first-order valence-electron chi connectivity index (χ1n) is 6.05. The molecule has 0 aromatic carbocycles. The average Bonchev–Trinajstić information content (AvgIpc) is 2.61. The zero-order chi connectivity index (χ0) is 14.3. The van der Waals surface area contributed by atoms with Crippen molar-refractivity contribution in [2.45, 2.75) is 55.8 Å². The maximum atomic E-state index is 12.8. The first-order chi connectivity index (χ1) is 8.72. The summed E-state index contributed by atoms with van der Waals surface area (Å²) < 4.78 is 48.4. The van der Waals surface area contributed by atoms with E-state index in [0.717, 1.165) is 6.08 Å². The highest BCUT2D eigenvalue weighted by molar-refractivity contribution is 5.81. The third-order valence-electron chi connectivity index (χ3n) is 3.69. The van der Waals surface area contributed by atoms with Crippen LogP contribution in [0.5, 0.6) is 0 Å². The van der Waals surface area contributed by atoms with E-state index in [4.69, 9.17) is 9.47 Å². The van der Waals surface area contributed by atoms with Crippen LogP contribution in [0.25, 0.3) is 0 Å². The standard InChI is InChI=1S/C12H15F3O4/c1-2-9(16)19-10-6-4-3-5-8(10)18-11(17,7-10)12(13,14)15/h2,8,17H,1,3-7H2. The van der Waals surface area contributed by atoms with Crippen LogP contribution in [-0.2, 0) is 14.3 Å². The summed E-state index contributed by atoms with van der Waals surface area (Å²) in [5.41, 5.74) is -1.41. The Balaban J connectivity index is 2.28. The van der Waals surface area contributed by atoms with E-state index < -0.39 is 36.1 Å². The van der Waals surface area contributed by atoms with Crippen molar-refractivity contribution in [2.75, 3.05) is 0 Å². The van der Waals surface area contributed by atoms with Crippen LogP contribution >= 0.6 is 0 Å². The van der Waals surface area contributed by atoms with Gasteiger partial charge in [-0.15, -0.1) is 0 Å². The van der Waals surface area contributed by atoms with Crippen molar-refractivity contribution in [3.05, 3.63) is 12.7 Å². The quantitative estimate of drug-likeness (QED) is 0.621. The average molecular weight is 280 g/mol. The van der Waals surface area contributed by atoms with Gasteiger partial charge in [-0.1, -0.05) is 13.0 Å². The van der Waals surface area contributed by atoms with Crippen LogP contribution < -0.4 is 0 Å². The molecule has 3 unspecified atom stereocenters. The van der Waals surface area contributed by atoms with Crippen molar-refractivity contribution in [1.82, 2.24) is 0 Å². The molecule has 7 heteroatoms. The number of aliphatic hydroxyl groups is 1. The number of halogens is 3. The van der Waals surface area contributed by atoms with Gasteiger partial charge in [-0.3, -0.25) is 0 Å². The Kier molecular flexibility index (Phi) is 3.38. The molecular formula is C12H15F3O4. The Bertz CT molecular complexity index is 395. The van der Waals surface area contributed by atoms with Gasteiger partial charge in [-0.05, 0) is 19.3 Å². The monoisotopic (exact) mass is 280 g/mol. The molecular weight excluding hydrogens is 265 g/mol. The van der Waals surface area contributed by atoms with Crippen LogP contribution in [0.3, 0.4) is 0 Å². The van der Waals surface area contributed by atoms with Crippen LogP contribution in [0, 0.1) is 0 Å². The number of ether oxygens (including phenoxy) is 2. The molecule has 1 aliphatic carbocycles. The minimum atomic E-state index is -4.92. The third kappa shape index (κ3) is 2.36. The summed E-state index contributed by atoms with van der Waals surface area (Å²) in [5, 5.41) is 9.65. The van der Waals surface area contributed by atoms with Gasteiger partial charge in [-0.2, -0.15) is 13.2 Å². The first kappa shape index (κ1) is 14.3. The Hall–Kier alpha value is -1.08. The van der Waals surface area contributed by atoms with Gasteiger partial charge >= 0.3 is 12.1 Å².